The summed E-state index contributed by atoms with van der Waals surface area (Å²) in [5.74, 6) is 0.748. The second-order valence-electron chi connectivity index (χ2n) is 1.34. The Morgan fingerprint density at radius 3 is 2.75 bits per heavy atom. The molecular formula is C6H6OP. The van der Waals surface area contributed by atoms with E-state index in [4.69, 9.17) is 4.52 Å². The molecule has 0 bridgehead atoms. The highest BCUT2D eigenvalue weighted by molar-refractivity contribution is 7.10. The second-order valence-corrected chi connectivity index (χ2v) is 1.58. The van der Waals surface area contributed by atoms with Gasteiger partial charge in [-0.05, 0) is 6.07 Å². The minimum atomic E-state index is 0.748. The van der Waals surface area contributed by atoms with Gasteiger partial charge in [0, 0.05) is 6.07 Å². The molecule has 0 heterocycles. The fourth-order valence-corrected chi connectivity index (χ4v) is 0.597. The predicted molar refractivity (Wildman–Crippen MR) is 35.6 cm³/mol. The predicted octanol–water partition coefficient (Wildman–Crippen LogP) is 1.66. The second kappa shape index (κ2) is 2.68. The zero-order valence-corrected chi connectivity index (χ0v) is 5.45. The number of rotatable bonds is 1. The quantitative estimate of drug-likeness (QED) is 0.518. The fourth-order valence-electron chi connectivity index (χ4n) is 0.450. The first kappa shape index (κ1) is 5.58. The zero-order chi connectivity index (χ0) is 5.82. The average molecular weight is 125 g/mol. The van der Waals surface area contributed by atoms with E-state index in [1.807, 2.05) is 18.2 Å². The van der Waals surface area contributed by atoms with E-state index in [-0.39, 0.29) is 0 Å². The van der Waals surface area contributed by atoms with Crippen LogP contribution >= 0.6 is 9.47 Å². The lowest BCUT2D eigenvalue weighted by atomic mass is 10.3. The van der Waals surface area contributed by atoms with Crippen LogP contribution in [-0.4, -0.2) is 0 Å². The Hall–Kier alpha value is -0.550. The summed E-state index contributed by atoms with van der Waals surface area (Å²) in [6.45, 7) is 0. The summed E-state index contributed by atoms with van der Waals surface area (Å²) >= 11 is 0. The number of hydrogen-bond donors (Lipinski definition) is 0. The summed E-state index contributed by atoms with van der Waals surface area (Å²) in [7, 11) is 2.16. The van der Waals surface area contributed by atoms with E-state index >= 15 is 0 Å². The molecule has 0 fully saturated rings. The summed E-state index contributed by atoms with van der Waals surface area (Å²) in [6, 6.07) is 10.3. The first-order valence-electron chi connectivity index (χ1n) is 2.27. The molecule has 0 aliphatic rings. The highest BCUT2D eigenvalue weighted by Crippen LogP contribution is 2.08. The van der Waals surface area contributed by atoms with Crippen molar-refractivity contribution in [3.63, 3.8) is 0 Å². The van der Waals surface area contributed by atoms with Crippen molar-refractivity contribution in [3.8, 4) is 5.75 Å². The molecule has 41 valence electrons. The molecule has 2 heteroatoms. The molecule has 1 rings (SSSR count). The Morgan fingerprint density at radius 1 is 1.50 bits per heavy atom. The van der Waals surface area contributed by atoms with Crippen molar-refractivity contribution in [1.29, 1.82) is 0 Å². The van der Waals surface area contributed by atoms with Gasteiger partial charge in [0.15, 0.2) is 0 Å². The molecule has 8 heavy (non-hydrogen) atoms. The van der Waals surface area contributed by atoms with Crippen molar-refractivity contribution in [2.45, 2.75) is 0 Å². The van der Waals surface area contributed by atoms with Crippen molar-refractivity contribution in [2.75, 3.05) is 0 Å². The van der Waals surface area contributed by atoms with Crippen LogP contribution in [0.15, 0.2) is 24.3 Å². The summed E-state index contributed by atoms with van der Waals surface area (Å²) in [4.78, 5) is 0. The minimum absolute atomic E-state index is 0.748. The summed E-state index contributed by atoms with van der Waals surface area (Å²) in [5, 5.41) is 0. The van der Waals surface area contributed by atoms with Gasteiger partial charge >= 0.3 is 0 Å². The number of benzene rings is 1. The summed E-state index contributed by atoms with van der Waals surface area (Å²) < 4.78 is 4.78. The van der Waals surface area contributed by atoms with E-state index < -0.39 is 0 Å². The third-order valence-corrected chi connectivity index (χ3v) is 1.06. The maximum Gasteiger partial charge on any atom is 0.130 e. The van der Waals surface area contributed by atoms with Crippen LogP contribution in [0.4, 0.5) is 0 Å². The van der Waals surface area contributed by atoms with Crippen molar-refractivity contribution in [1.82, 2.24) is 0 Å². The smallest absolute Gasteiger partial charge is 0.130 e. The van der Waals surface area contributed by atoms with Gasteiger partial charge in [0.05, 0.1) is 9.47 Å². The molecule has 0 amide bonds. The topological polar surface area (TPSA) is 9.23 Å². The molecule has 1 aromatic carbocycles. The normalized spacial score (nSPS) is 8.62. The Labute approximate surface area is 51.0 Å². The van der Waals surface area contributed by atoms with Gasteiger partial charge in [0.25, 0.3) is 0 Å². The molecule has 0 aliphatic heterocycles. The van der Waals surface area contributed by atoms with Crippen LogP contribution in [0, 0.1) is 6.07 Å². The van der Waals surface area contributed by atoms with E-state index in [0.717, 1.165) is 5.75 Å². The molecule has 0 saturated heterocycles. The Morgan fingerprint density at radius 2 is 2.38 bits per heavy atom. The lowest BCUT2D eigenvalue weighted by Crippen LogP contribution is -1.69. The Bertz CT molecular complexity index is 150. The lowest BCUT2D eigenvalue weighted by molar-refractivity contribution is 0.645. The van der Waals surface area contributed by atoms with Crippen molar-refractivity contribution in [3.05, 3.63) is 30.3 Å². The van der Waals surface area contributed by atoms with Crippen LogP contribution < -0.4 is 4.52 Å². The van der Waals surface area contributed by atoms with Gasteiger partial charge in [-0.1, -0.05) is 18.2 Å². The largest absolute Gasteiger partial charge is 0.480 e. The standard InChI is InChI=1S/C6H6OP/c8-7-6-4-2-1-3-5-6/h1-4H,8H2. The number of para-hydroxylation sites is 1. The monoisotopic (exact) mass is 125 g/mol. The molecule has 0 spiro atoms. The van der Waals surface area contributed by atoms with Gasteiger partial charge in [0.2, 0.25) is 0 Å². The SMILES string of the molecule is POc1[c]cccc1. The molecule has 0 aromatic heterocycles. The van der Waals surface area contributed by atoms with Gasteiger partial charge in [-0.2, -0.15) is 0 Å². The maximum atomic E-state index is 4.78. The maximum absolute atomic E-state index is 4.78. The molecule has 1 unspecified atom stereocenters. The van der Waals surface area contributed by atoms with Crippen molar-refractivity contribution < 1.29 is 4.52 Å². The van der Waals surface area contributed by atoms with Crippen molar-refractivity contribution >= 4 is 9.47 Å². The molecule has 1 atom stereocenters. The van der Waals surface area contributed by atoms with Gasteiger partial charge < -0.3 is 4.52 Å². The van der Waals surface area contributed by atoms with Crippen LogP contribution in [0.5, 0.6) is 5.75 Å². The van der Waals surface area contributed by atoms with E-state index in [2.05, 4.69) is 15.5 Å². The Kier molecular flexibility index (Phi) is 1.87. The minimum Gasteiger partial charge on any atom is -0.480 e. The van der Waals surface area contributed by atoms with E-state index in [9.17, 15) is 0 Å². The van der Waals surface area contributed by atoms with Gasteiger partial charge in [-0.3, -0.25) is 0 Å². The van der Waals surface area contributed by atoms with Crippen LogP contribution in [-0.2, 0) is 0 Å². The summed E-state index contributed by atoms with van der Waals surface area (Å²) in [5.41, 5.74) is 0. The van der Waals surface area contributed by atoms with Gasteiger partial charge in [-0.25, -0.2) is 0 Å². The molecule has 1 radical (unpaired) electrons. The van der Waals surface area contributed by atoms with E-state index in [1.54, 1.807) is 6.07 Å². The molecular weight excluding hydrogens is 119 g/mol. The molecule has 0 aliphatic carbocycles. The molecule has 0 saturated carbocycles. The first-order chi connectivity index (χ1) is 3.93. The molecule has 1 aromatic rings. The highest BCUT2D eigenvalue weighted by atomic mass is 31.0. The highest BCUT2D eigenvalue weighted by Gasteiger charge is 1.81. The molecule has 0 N–H and O–H groups in total. The van der Waals surface area contributed by atoms with E-state index in [0.29, 0.717) is 0 Å². The van der Waals surface area contributed by atoms with Crippen LogP contribution in [0.3, 0.4) is 0 Å². The summed E-state index contributed by atoms with van der Waals surface area (Å²) in [6.07, 6.45) is 0. The third-order valence-electron chi connectivity index (χ3n) is 0.807. The van der Waals surface area contributed by atoms with Crippen LogP contribution in [0.25, 0.3) is 0 Å². The average Bonchev–Trinajstić information content (AvgIpc) is 1.90. The number of hydrogen-bond acceptors (Lipinski definition) is 1. The first-order valence-corrected chi connectivity index (χ1v) is 2.74. The van der Waals surface area contributed by atoms with Crippen molar-refractivity contribution in [2.24, 2.45) is 0 Å². The van der Waals surface area contributed by atoms with Crippen LogP contribution in [0.1, 0.15) is 0 Å². The van der Waals surface area contributed by atoms with Gasteiger partial charge in [-0.15, -0.1) is 0 Å². The van der Waals surface area contributed by atoms with Crippen LogP contribution in [0.2, 0.25) is 0 Å². The lowest BCUT2D eigenvalue weighted by Gasteiger charge is -1.92. The third kappa shape index (κ3) is 1.21. The van der Waals surface area contributed by atoms with E-state index in [1.165, 1.54) is 0 Å². The molecule has 1 nitrogen and oxygen atoms in total. The fraction of sp³-hybridized carbons (Fsp3) is 0. The van der Waals surface area contributed by atoms with Gasteiger partial charge in [0.1, 0.15) is 5.75 Å². The zero-order valence-electron chi connectivity index (χ0n) is 4.29. The Balaban J connectivity index is 2.83.